The van der Waals surface area contributed by atoms with Gasteiger partial charge in [-0.25, -0.2) is 0 Å². The molecule has 5 nitrogen and oxygen atoms in total. The fourth-order valence-electron chi connectivity index (χ4n) is 3.50. The first-order valence-corrected chi connectivity index (χ1v) is 8.09. The van der Waals surface area contributed by atoms with Crippen LogP contribution in [0.5, 0.6) is 11.5 Å². The van der Waals surface area contributed by atoms with Gasteiger partial charge < -0.3 is 19.7 Å². The molecule has 4 rings (SSSR count). The summed E-state index contributed by atoms with van der Waals surface area (Å²) in [6.45, 7) is 3.44. The maximum atomic E-state index is 12.7. The van der Waals surface area contributed by atoms with E-state index in [1.165, 1.54) is 12.1 Å². The van der Waals surface area contributed by atoms with Crippen LogP contribution < -0.4 is 10.6 Å². The third-order valence-electron chi connectivity index (χ3n) is 4.52. The number of rotatable bonds is 1. The Morgan fingerprint density at radius 2 is 1.81 bits per heavy atom. The number of aliphatic hydroxyl groups is 1. The van der Waals surface area contributed by atoms with Crippen molar-refractivity contribution in [2.75, 3.05) is 0 Å². The Hall–Kier alpha value is -3.47. The van der Waals surface area contributed by atoms with Gasteiger partial charge in [0.15, 0.2) is 5.43 Å². The summed E-state index contributed by atoms with van der Waals surface area (Å²) >= 11 is 0. The third-order valence-corrected chi connectivity index (χ3v) is 4.52. The average molecular weight is 348 g/mol. The summed E-state index contributed by atoms with van der Waals surface area (Å²) in [5.41, 5.74) is 0.884. The first-order valence-electron chi connectivity index (χ1n) is 8.09. The monoisotopic (exact) mass is 348 g/mol. The van der Waals surface area contributed by atoms with Crippen LogP contribution in [-0.2, 0) is 0 Å². The van der Waals surface area contributed by atoms with Gasteiger partial charge in [-0.1, -0.05) is 18.2 Å². The lowest BCUT2D eigenvalue weighted by atomic mass is 9.95. The Balaban J connectivity index is 2.24. The van der Waals surface area contributed by atoms with Gasteiger partial charge in [0.25, 0.3) is 0 Å². The molecule has 0 fully saturated rings. The smallest absolute Gasteiger partial charge is 0.193 e. The molecule has 0 saturated heterocycles. The van der Waals surface area contributed by atoms with Crippen LogP contribution >= 0.6 is 0 Å². The molecule has 1 aliphatic heterocycles. The predicted molar refractivity (Wildman–Crippen MR) is 98.7 cm³/mol. The zero-order chi connectivity index (χ0) is 18.6. The topological polar surface area (TPSA) is 90.9 Å². The standard InChI is InChI=1S/C21H16O5/c1-10-6-13(22)8-15(23)18(10)21(25)20-14-5-3-4-12-7-11(2)26-17(19(12)14)9-16(20)24/h3-9,22-23,25H,1-2H3/b21-20+. The molecular formula is C21H16O5. The van der Waals surface area contributed by atoms with E-state index >= 15 is 0 Å². The van der Waals surface area contributed by atoms with Gasteiger partial charge in [-0.3, -0.25) is 4.79 Å². The SMILES string of the molecule is Cc1cc2cccc3c2-c(cc(=O)/c3=C(/O)c2c(C)cc(O)cc2O)o1. The summed E-state index contributed by atoms with van der Waals surface area (Å²) in [6, 6.07) is 11.2. The molecule has 2 aromatic carbocycles. The Kier molecular flexibility index (Phi) is 3.40. The molecule has 1 aliphatic carbocycles. The molecule has 2 aromatic rings. The highest BCUT2D eigenvalue weighted by Crippen LogP contribution is 2.33. The van der Waals surface area contributed by atoms with Crippen molar-refractivity contribution >= 4 is 16.5 Å². The zero-order valence-electron chi connectivity index (χ0n) is 14.2. The van der Waals surface area contributed by atoms with Crippen LogP contribution in [0.4, 0.5) is 0 Å². The highest BCUT2D eigenvalue weighted by atomic mass is 16.3. The normalized spacial score (nSPS) is 12.7. The molecule has 5 heteroatoms. The summed E-state index contributed by atoms with van der Waals surface area (Å²) < 4.78 is 5.68. The fraction of sp³-hybridized carbons (Fsp3) is 0.0952. The van der Waals surface area contributed by atoms with E-state index in [4.69, 9.17) is 4.42 Å². The van der Waals surface area contributed by atoms with E-state index in [0.717, 1.165) is 17.0 Å². The van der Waals surface area contributed by atoms with E-state index in [2.05, 4.69) is 0 Å². The zero-order valence-corrected chi connectivity index (χ0v) is 14.2. The summed E-state index contributed by atoms with van der Waals surface area (Å²) in [5, 5.41) is 32.2. The largest absolute Gasteiger partial charge is 0.508 e. The first kappa shape index (κ1) is 16.0. The molecule has 0 radical (unpaired) electrons. The lowest BCUT2D eigenvalue weighted by Crippen LogP contribution is -2.28. The quantitative estimate of drug-likeness (QED) is 0.491. The second kappa shape index (κ2) is 5.52. The fourth-order valence-corrected chi connectivity index (χ4v) is 3.50. The summed E-state index contributed by atoms with van der Waals surface area (Å²) in [4.78, 5) is 12.7. The van der Waals surface area contributed by atoms with Crippen LogP contribution in [-0.4, -0.2) is 15.3 Å². The minimum Gasteiger partial charge on any atom is -0.508 e. The third kappa shape index (κ3) is 2.29. The molecule has 1 heterocycles. The Labute approximate surface area is 148 Å². The number of phenolic OH excluding ortho intramolecular Hbond substituents is 2. The second-order valence-corrected chi connectivity index (χ2v) is 6.38. The number of phenols is 2. The van der Waals surface area contributed by atoms with E-state index in [-0.39, 0.29) is 28.0 Å². The van der Waals surface area contributed by atoms with Crippen LogP contribution in [0.3, 0.4) is 0 Å². The second-order valence-electron chi connectivity index (χ2n) is 6.38. The molecule has 0 atom stereocenters. The van der Waals surface area contributed by atoms with Crippen molar-refractivity contribution in [2.45, 2.75) is 13.8 Å². The molecule has 0 spiro atoms. The van der Waals surface area contributed by atoms with Gasteiger partial charge in [0.1, 0.15) is 28.8 Å². The lowest BCUT2D eigenvalue weighted by molar-refractivity contribution is 0.441. The molecular weight excluding hydrogens is 332 g/mol. The minimum absolute atomic E-state index is 0.0891. The van der Waals surface area contributed by atoms with E-state index in [1.54, 1.807) is 19.1 Å². The van der Waals surface area contributed by atoms with Gasteiger partial charge in [0, 0.05) is 23.1 Å². The van der Waals surface area contributed by atoms with E-state index in [9.17, 15) is 20.1 Å². The van der Waals surface area contributed by atoms with E-state index in [1.807, 2.05) is 19.1 Å². The Bertz CT molecular complexity index is 1230. The van der Waals surface area contributed by atoms with Crippen molar-refractivity contribution in [1.82, 2.24) is 0 Å². The number of benzene rings is 3. The number of hydrogen-bond acceptors (Lipinski definition) is 5. The maximum Gasteiger partial charge on any atom is 0.193 e. The maximum absolute atomic E-state index is 12.7. The number of hydrogen-bond donors (Lipinski definition) is 3. The molecule has 0 unspecified atom stereocenters. The summed E-state index contributed by atoms with van der Waals surface area (Å²) in [5.74, 6) is 0.373. The number of aryl methyl sites for hydroxylation is 2. The van der Waals surface area contributed by atoms with Gasteiger partial charge in [-0.2, -0.15) is 0 Å². The van der Waals surface area contributed by atoms with Crippen LogP contribution in [0, 0.1) is 13.8 Å². The minimum atomic E-state index is -0.413. The van der Waals surface area contributed by atoms with Crippen LogP contribution in [0.2, 0.25) is 0 Å². The number of aliphatic hydroxyl groups excluding tert-OH is 1. The molecule has 26 heavy (non-hydrogen) atoms. The van der Waals surface area contributed by atoms with Crippen molar-refractivity contribution in [1.29, 1.82) is 0 Å². The molecule has 0 saturated carbocycles. The van der Waals surface area contributed by atoms with Gasteiger partial charge in [-0.15, -0.1) is 0 Å². The van der Waals surface area contributed by atoms with Crippen LogP contribution in [0.1, 0.15) is 16.9 Å². The number of aromatic hydroxyl groups is 2. The van der Waals surface area contributed by atoms with E-state index in [0.29, 0.717) is 22.5 Å². The molecule has 130 valence electrons. The van der Waals surface area contributed by atoms with Gasteiger partial charge in [0.2, 0.25) is 0 Å². The highest BCUT2D eigenvalue weighted by Gasteiger charge is 2.19. The highest BCUT2D eigenvalue weighted by molar-refractivity contribution is 5.96. The Morgan fingerprint density at radius 3 is 2.54 bits per heavy atom. The van der Waals surface area contributed by atoms with Gasteiger partial charge >= 0.3 is 0 Å². The summed E-state index contributed by atoms with van der Waals surface area (Å²) in [6.07, 6.45) is 0. The van der Waals surface area contributed by atoms with Gasteiger partial charge in [0.05, 0.1) is 10.8 Å². The van der Waals surface area contributed by atoms with Gasteiger partial charge in [-0.05, 0) is 36.9 Å². The first-order chi connectivity index (χ1) is 12.4. The average Bonchev–Trinajstić information content (AvgIpc) is 2.53. The Morgan fingerprint density at radius 1 is 1.04 bits per heavy atom. The molecule has 0 amide bonds. The lowest BCUT2D eigenvalue weighted by Gasteiger charge is -2.13. The summed E-state index contributed by atoms with van der Waals surface area (Å²) in [7, 11) is 0. The van der Waals surface area contributed by atoms with Crippen molar-refractivity contribution in [3.8, 4) is 22.8 Å². The molecule has 0 aromatic heterocycles. The van der Waals surface area contributed by atoms with Crippen molar-refractivity contribution in [3.05, 3.63) is 74.8 Å². The van der Waals surface area contributed by atoms with Crippen LogP contribution in [0.15, 0.2) is 51.7 Å². The van der Waals surface area contributed by atoms with Crippen molar-refractivity contribution in [3.63, 3.8) is 0 Å². The molecule has 2 aliphatic rings. The van der Waals surface area contributed by atoms with Crippen LogP contribution in [0.25, 0.3) is 27.9 Å². The molecule has 3 N–H and O–H groups in total. The predicted octanol–water partition coefficient (Wildman–Crippen LogP) is 3.36. The van der Waals surface area contributed by atoms with Crippen molar-refractivity contribution in [2.24, 2.45) is 0 Å². The van der Waals surface area contributed by atoms with E-state index < -0.39 is 5.43 Å². The molecule has 0 bridgehead atoms. The van der Waals surface area contributed by atoms with Crippen molar-refractivity contribution < 1.29 is 19.7 Å².